The quantitative estimate of drug-likeness (QED) is 0.414. The van der Waals surface area contributed by atoms with Crippen molar-refractivity contribution in [3.8, 4) is 0 Å². The van der Waals surface area contributed by atoms with Gasteiger partial charge in [-0.05, 0) is 19.9 Å². The van der Waals surface area contributed by atoms with Crippen LogP contribution in [0, 0.1) is 5.92 Å². The van der Waals surface area contributed by atoms with E-state index in [4.69, 9.17) is 0 Å². The molecule has 0 aromatic rings. The highest BCUT2D eigenvalue weighted by atomic mass is 32.2. The SMILES string of the molecule is CNC(C)C(=O)NC(C(=O)N1CCN(S(=O)(=O)CCC(F)(F)F)CC1C(=O)O)C(C)C. The predicted molar refractivity (Wildman–Crippen MR) is 104 cm³/mol. The average Bonchev–Trinajstić information content (AvgIpc) is 2.67. The number of nitrogens with one attached hydrogen (secondary N) is 2. The molecule has 0 saturated carbocycles. The first kappa shape index (κ1) is 27.1. The Morgan fingerprint density at radius 1 is 1.16 bits per heavy atom. The average molecular weight is 475 g/mol. The molecule has 0 aromatic carbocycles. The maximum atomic E-state index is 13.0. The summed E-state index contributed by atoms with van der Waals surface area (Å²) in [6.07, 6.45) is -6.23. The van der Waals surface area contributed by atoms with Gasteiger partial charge in [-0.2, -0.15) is 17.5 Å². The van der Waals surface area contributed by atoms with Crippen LogP contribution >= 0.6 is 0 Å². The topological polar surface area (TPSA) is 136 Å². The summed E-state index contributed by atoms with van der Waals surface area (Å²) >= 11 is 0. The summed E-state index contributed by atoms with van der Waals surface area (Å²) in [6, 6.07) is -3.26. The Morgan fingerprint density at radius 3 is 2.19 bits per heavy atom. The summed E-state index contributed by atoms with van der Waals surface area (Å²) in [5.41, 5.74) is 0. The third kappa shape index (κ3) is 7.61. The second-order valence-corrected chi connectivity index (χ2v) is 9.75. The normalized spacial score (nSPS) is 20.4. The minimum atomic E-state index is -4.68. The van der Waals surface area contributed by atoms with Gasteiger partial charge in [0.25, 0.3) is 0 Å². The number of amides is 2. The molecule has 0 spiro atoms. The van der Waals surface area contributed by atoms with Gasteiger partial charge in [0, 0.05) is 19.6 Å². The van der Waals surface area contributed by atoms with E-state index in [2.05, 4.69) is 10.6 Å². The van der Waals surface area contributed by atoms with Crippen LogP contribution in [0.4, 0.5) is 13.2 Å². The standard InChI is InChI=1S/C17H29F3N4O6S/c1-10(2)13(22-14(25)11(3)21-4)15(26)24-7-6-23(9-12(24)16(27)28)31(29,30)8-5-17(18,19)20/h10-13,21H,5-9H2,1-4H3,(H,22,25)(H,27,28). The Balaban J connectivity index is 3.02. The molecule has 0 aliphatic carbocycles. The Labute approximate surface area is 179 Å². The molecule has 1 aliphatic rings. The first-order valence-corrected chi connectivity index (χ1v) is 11.3. The molecule has 1 rings (SSSR count). The number of carbonyl (C=O) groups is 3. The molecule has 3 unspecified atom stereocenters. The monoisotopic (exact) mass is 474 g/mol. The van der Waals surface area contributed by atoms with Crippen molar-refractivity contribution in [2.24, 2.45) is 5.92 Å². The second kappa shape index (κ2) is 10.6. The van der Waals surface area contributed by atoms with Gasteiger partial charge >= 0.3 is 12.1 Å². The summed E-state index contributed by atoms with van der Waals surface area (Å²) in [5.74, 6) is -4.28. The van der Waals surface area contributed by atoms with Gasteiger partial charge in [-0.25, -0.2) is 13.2 Å². The summed E-state index contributed by atoms with van der Waals surface area (Å²) in [6.45, 7) is 3.53. The maximum absolute atomic E-state index is 13.0. The van der Waals surface area contributed by atoms with Crippen molar-refractivity contribution < 1.29 is 41.1 Å². The van der Waals surface area contributed by atoms with Crippen molar-refractivity contribution in [2.75, 3.05) is 32.4 Å². The summed E-state index contributed by atoms with van der Waals surface area (Å²) in [5, 5.41) is 14.8. The first-order valence-electron chi connectivity index (χ1n) is 9.66. The third-order valence-corrected chi connectivity index (χ3v) is 6.84. The number of rotatable bonds is 9. The van der Waals surface area contributed by atoms with Gasteiger partial charge in [0.1, 0.15) is 12.1 Å². The predicted octanol–water partition coefficient (Wildman–Crippen LogP) is -0.385. The van der Waals surface area contributed by atoms with Gasteiger partial charge in [0.15, 0.2) is 0 Å². The Bertz CT molecular complexity index is 774. The molecule has 31 heavy (non-hydrogen) atoms. The summed E-state index contributed by atoms with van der Waals surface area (Å²) < 4.78 is 62.4. The van der Waals surface area contributed by atoms with Crippen LogP contribution in [-0.4, -0.2) is 97.2 Å². The van der Waals surface area contributed by atoms with E-state index in [9.17, 15) is 41.1 Å². The maximum Gasteiger partial charge on any atom is 0.390 e. The molecule has 10 nitrogen and oxygen atoms in total. The number of carboxylic acids is 1. The van der Waals surface area contributed by atoms with Crippen molar-refractivity contribution in [3.63, 3.8) is 0 Å². The summed E-state index contributed by atoms with van der Waals surface area (Å²) in [4.78, 5) is 37.9. The van der Waals surface area contributed by atoms with Crippen LogP contribution in [0.5, 0.6) is 0 Å². The number of hydrogen-bond donors (Lipinski definition) is 3. The zero-order chi connectivity index (χ0) is 24.1. The summed E-state index contributed by atoms with van der Waals surface area (Å²) in [7, 11) is -2.82. The number of alkyl halides is 3. The van der Waals surface area contributed by atoms with Crippen molar-refractivity contribution >= 4 is 27.8 Å². The third-order valence-electron chi connectivity index (χ3n) is 5.00. The molecule has 1 aliphatic heterocycles. The number of sulfonamides is 1. The second-order valence-electron chi connectivity index (χ2n) is 7.67. The highest BCUT2D eigenvalue weighted by Gasteiger charge is 2.43. The van der Waals surface area contributed by atoms with Gasteiger partial charge in [-0.15, -0.1) is 0 Å². The van der Waals surface area contributed by atoms with Crippen LogP contribution in [0.3, 0.4) is 0 Å². The van der Waals surface area contributed by atoms with E-state index in [0.29, 0.717) is 4.31 Å². The number of carboxylic acid groups (broad SMARTS) is 1. The molecule has 2 amide bonds. The Morgan fingerprint density at radius 2 is 1.74 bits per heavy atom. The number of likely N-dealkylation sites (N-methyl/N-ethyl adjacent to an activating group) is 1. The molecule has 1 saturated heterocycles. The number of halogens is 3. The van der Waals surface area contributed by atoms with E-state index in [1.54, 1.807) is 27.8 Å². The van der Waals surface area contributed by atoms with Gasteiger partial charge in [-0.3, -0.25) is 9.59 Å². The lowest BCUT2D eigenvalue weighted by Gasteiger charge is -2.40. The van der Waals surface area contributed by atoms with Crippen LogP contribution in [-0.2, 0) is 24.4 Å². The van der Waals surface area contributed by atoms with E-state index in [-0.39, 0.29) is 13.1 Å². The van der Waals surface area contributed by atoms with E-state index < -0.39 is 76.7 Å². The highest BCUT2D eigenvalue weighted by Crippen LogP contribution is 2.23. The smallest absolute Gasteiger partial charge is 0.390 e. The molecule has 180 valence electrons. The fraction of sp³-hybridized carbons (Fsp3) is 0.824. The lowest BCUT2D eigenvalue weighted by molar-refractivity contribution is -0.154. The van der Waals surface area contributed by atoms with E-state index >= 15 is 0 Å². The highest BCUT2D eigenvalue weighted by molar-refractivity contribution is 7.89. The van der Waals surface area contributed by atoms with Crippen molar-refractivity contribution in [1.82, 2.24) is 19.8 Å². The van der Waals surface area contributed by atoms with Crippen LogP contribution in [0.2, 0.25) is 0 Å². The molecule has 3 N–H and O–H groups in total. The number of aliphatic carboxylic acids is 1. The van der Waals surface area contributed by atoms with Gasteiger partial charge in [0.2, 0.25) is 21.8 Å². The first-order chi connectivity index (χ1) is 14.1. The largest absolute Gasteiger partial charge is 0.480 e. The number of nitrogens with zero attached hydrogens (tertiary/aromatic N) is 2. The zero-order valence-corrected chi connectivity index (χ0v) is 18.6. The molecule has 1 heterocycles. The molecule has 0 bridgehead atoms. The molecular weight excluding hydrogens is 445 g/mol. The number of hydrogen-bond acceptors (Lipinski definition) is 6. The van der Waals surface area contributed by atoms with Crippen LogP contribution < -0.4 is 10.6 Å². The minimum Gasteiger partial charge on any atom is -0.480 e. The van der Waals surface area contributed by atoms with E-state index in [1.807, 2.05) is 0 Å². The number of piperazine rings is 1. The van der Waals surface area contributed by atoms with E-state index in [0.717, 1.165) is 4.90 Å². The molecule has 1 fully saturated rings. The fourth-order valence-electron chi connectivity index (χ4n) is 2.96. The van der Waals surface area contributed by atoms with Gasteiger partial charge in [-0.1, -0.05) is 13.8 Å². The van der Waals surface area contributed by atoms with Crippen molar-refractivity contribution in [2.45, 2.75) is 51.5 Å². The Hall–Kier alpha value is -1.93. The molecule has 14 heteroatoms. The van der Waals surface area contributed by atoms with Crippen molar-refractivity contribution in [3.05, 3.63) is 0 Å². The van der Waals surface area contributed by atoms with Crippen LogP contribution in [0.15, 0.2) is 0 Å². The van der Waals surface area contributed by atoms with Crippen LogP contribution in [0.25, 0.3) is 0 Å². The Kier molecular flexibility index (Phi) is 9.26. The molecule has 3 atom stereocenters. The minimum absolute atomic E-state index is 0.332. The fourth-order valence-corrected chi connectivity index (χ4v) is 4.44. The molecular formula is C17H29F3N4O6S. The van der Waals surface area contributed by atoms with Gasteiger partial charge < -0.3 is 20.6 Å². The lowest BCUT2D eigenvalue weighted by atomic mass is 10.0. The molecule has 0 aromatic heterocycles. The molecule has 0 radical (unpaired) electrons. The van der Waals surface area contributed by atoms with E-state index in [1.165, 1.54) is 0 Å². The van der Waals surface area contributed by atoms with Crippen molar-refractivity contribution in [1.29, 1.82) is 0 Å². The lowest BCUT2D eigenvalue weighted by Crippen LogP contribution is -2.64. The van der Waals surface area contributed by atoms with Gasteiger partial charge in [0.05, 0.1) is 18.2 Å². The zero-order valence-electron chi connectivity index (χ0n) is 17.8. The number of carbonyl (C=O) groups excluding carboxylic acids is 2. The van der Waals surface area contributed by atoms with Crippen LogP contribution in [0.1, 0.15) is 27.2 Å².